The van der Waals surface area contributed by atoms with Gasteiger partial charge in [-0.25, -0.2) is 4.79 Å². The summed E-state index contributed by atoms with van der Waals surface area (Å²) in [5, 5.41) is 12.0. The highest BCUT2D eigenvalue weighted by atomic mass is 16.5. The lowest BCUT2D eigenvalue weighted by Gasteiger charge is -2.24. The number of methoxy groups -OCH3 is 1. The Morgan fingerprint density at radius 3 is 2.44 bits per heavy atom. The molecule has 0 aliphatic carbocycles. The molecule has 0 aliphatic heterocycles. The molecule has 6 heteroatoms. The van der Waals surface area contributed by atoms with Crippen molar-refractivity contribution in [3.63, 3.8) is 0 Å². The zero-order chi connectivity index (χ0) is 17.9. The Hall–Kier alpha value is -2.73. The van der Waals surface area contributed by atoms with Crippen LogP contribution in [0, 0.1) is 0 Å². The number of carbonyl (C=O) groups excluding carboxylic acids is 1. The Morgan fingerprint density at radius 1 is 1.08 bits per heavy atom. The van der Waals surface area contributed by atoms with E-state index in [1.54, 1.807) is 7.11 Å². The van der Waals surface area contributed by atoms with E-state index in [-0.39, 0.29) is 13.2 Å². The van der Waals surface area contributed by atoms with Crippen LogP contribution in [0.1, 0.15) is 5.56 Å². The van der Waals surface area contributed by atoms with Gasteiger partial charge in [0, 0.05) is 25.3 Å². The molecular weight excluding hydrogens is 320 g/mol. The van der Waals surface area contributed by atoms with Gasteiger partial charge in [0.15, 0.2) is 0 Å². The zero-order valence-corrected chi connectivity index (χ0v) is 14.4. The van der Waals surface area contributed by atoms with E-state index in [1.807, 2.05) is 59.5 Å². The lowest BCUT2D eigenvalue weighted by Crippen LogP contribution is -2.36. The van der Waals surface area contributed by atoms with Gasteiger partial charge in [0.1, 0.15) is 12.4 Å². The molecule has 2 aromatic carbocycles. The van der Waals surface area contributed by atoms with Crippen LogP contribution in [0.2, 0.25) is 0 Å². The topological polar surface area (TPSA) is 71.0 Å². The molecule has 0 saturated carbocycles. The minimum atomic E-state index is -0.456. The van der Waals surface area contributed by atoms with E-state index in [0.717, 1.165) is 17.0 Å². The second kappa shape index (κ2) is 10.2. The van der Waals surface area contributed by atoms with E-state index in [9.17, 15) is 9.90 Å². The summed E-state index contributed by atoms with van der Waals surface area (Å²) in [7, 11) is 1.62. The summed E-state index contributed by atoms with van der Waals surface area (Å²) >= 11 is 0. The van der Waals surface area contributed by atoms with Crippen LogP contribution >= 0.6 is 0 Å². The number of benzene rings is 2. The normalized spacial score (nSPS) is 10.2. The fourth-order valence-corrected chi connectivity index (χ4v) is 2.35. The molecule has 25 heavy (non-hydrogen) atoms. The smallest absolute Gasteiger partial charge is 0.407 e. The Bertz CT molecular complexity index is 632. The van der Waals surface area contributed by atoms with Gasteiger partial charge < -0.3 is 24.8 Å². The fraction of sp³-hybridized carbons (Fsp3) is 0.316. The molecule has 0 aromatic heterocycles. The number of alkyl carbamates (subject to hydrolysis) is 1. The van der Waals surface area contributed by atoms with Gasteiger partial charge in [0.05, 0.1) is 13.7 Å². The molecule has 1 amide bonds. The SMILES string of the molecule is COc1ccc(N(CCO)CCNC(=O)OCc2ccccc2)cc1. The number of anilines is 1. The summed E-state index contributed by atoms with van der Waals surface area (Å²) in [4.78, 5) is 13.7. The lowest BCUT2D eigenvalue weighted by atomic mass is 10.2. The second-order valence-electron chi connectivity index (χ2n) is 5.40. The van der Waals surface area contributed by atoms with Crippen molar-refractivity contribution in [3.05, 3.63) is 60.2 Å². The predicted octanol–water partition coefficient (Wildman–Crippen LogP) is 2.42. The van der Waals surface area contributed by atoms with Gasteiger partial charge in [-0.05, 0) is 29.8 Å². The average Bonchev–Trinajstić information content (AvgIpc) is 2.66. The van der Waals surface area contributed by atoms with Crippen LogP contribution in [0.4, 0.5) is 10.5 Å². The molecule has 134 valence electrons. The van der Waals surface area contributed by atoms with Gasteiger partial charge in [-0.2, -0.15) is 0 Å². The minimum Gasteiger partial charge on any atom is -0.497 e. The van der Waals surface area contributed by atoms with E-state index in [1.165, 1.54) is 0 Å². The number of nitrogens with zero attached hydrogens (tertiary/aromatic N) is 1. The predicted molar refractivity (Wildman–Crippen MR) is 96.9 cm³/mol. The molecule has 2 aromatic rings. The molecule has 0 aliphatic rings. The van der Waals surface area contributed by atoms with Crippen molar-refractivity contribution < 1.29 is 19.4 Å². The lowest BCUT2D eigenvalue weighted by molar-refractivity contribution is 0.140. The summed E-state index contributed by atoms with van der Waals surface area (Å²) in [6, 6.07) is 17.1. The van der Waals surface area contributed by atoms with Gasteiger partial charge in [-0.1, -0.05) is 30.3 Å². The first-order chi connectivity index (χ1) is 12.2. The largest absolute Gasteiger partial charge is 0.497 e. The number of aliphatic hydroxyl groups excluding tert-OH is 1. The quantitative estimate of drug-likeness (QED) is 0.731. The molecule has 6 nitrogen and oxygen atoms in total. The van der Waals surface area contributed by atoms with Crippen molar-refractivity contribution in [3.8, 4) is 5.75 Å². The average molecular weight is 344 g/mol. The number of rotatable bonds is 9. The number of ether oxygens (including phenoxy) is 2. The molecule has 0 fully saturated rings. The maximum Gasteiger partial charge on any atom is 0.407 e. The van der Waals surface area contributed by atoms with Gasteiger partial charge in [-0.3, -0.25) is 0 Å². The van der Waals surface area contributed by atoms with E-state index >= 15 is 0 Å². The van der Waals surface area contributed by atoms with Gasteiger partial charge in [0.2, 0.25) is 0 Å². The minimum absolute atomic E-state index is 0.0322. The summed E-state index contributed by atoms with van der Waals surface area (Å²) in [5.74, 6) is 0.773. The first-order valence-corrected chi connectivity index (χ1v) is 8.17. The number of hydrogen-bond donors (Lipinski definition) is 2. The Morgan fingerprint density at radius 2 is 1.80 bits per heavy atom. The highest BCUT2D eigenvalue weighted by molar-refractivity contribution is 5.67. The summed E-state index contributed by atoms with van der Waals surface area (Å²) < 4.78 is 10.3. The van der Waals surface area contributed by atoms with E-state index in [4.69, 9.17) is 9.47 Å². The number of aliphatic hydroxyl groups is 1. The van der Waals surface area contributed by atoms with Gasteiger partial charge in [-0.15, -0.1) is 0 Å². The molecule has 0 bridgehead atoms. The third kappa shape index (κ3) is 6.35. The summed E-state index contributed by atoms with van der Waals surface area (Å²) in [6.45, 7) is 1.73. The van der Waals surface area contributed by atoms with Crippen molar-refractivity contribution in [1.82, 2.24) is 5.32 Å². The standard InChI is InChI=1S/C19H24N2O4/c1-24-18-9-7-17(8-10-18)21(13-14-22)12-11-20-19(23)25-15-16-5-3-2-4-6-16/h2-10,22H,11-15H2,1H3,(H,20,23). The third-order valence-electron chi connectivity index (χ3n) is 3.67. The van der Waals surface area contributed by atoms with Crippen LogP contribution in [-0.4, -0.2) is 44.6 Å². The fourth-order valence-electron chi connectivity index (χ4n) is 2.35. The number of hydrogen-bond acceptors (Lipinski definition) is 5. The summed E-state index contributed by atoms with van der Waals surface area (Å²) in [5.41, 5.74) is 1.90. The van der Waals surface area contributed by atoms with E-state index < -0.39 is 6.09 Å². The van der Waals surface area contributed by atoms with Crippen LogP contribution in [0.3, 0.4) is 0 Å². The first-order valence-electron chi connectivity index (χ1n) is 8.17. The molecule has 2 rings (SSSR count). The molecular formula is C19H24N2O4. The number of carbonyl (C=O) groups is 1. The monoisotopic (exact) mass is 344 g/mol. The van der Waals surface area contributed by atoms with Gasteiger partial charge in [0.25, 0.3) is 0 Å². The van der Waals surface area contributed by atoms with E-state index in [2.05, 4.69) is 5.32 Å². The Balaban J connectivity index is 1.77. The molecule has 2 N–H and O–H groups in total. The maximum absolute atomic E-state index is 11.8. The molecule has 0 heterocycles. The molecule has 0 unspecified atom stereocenters. The summed E-state index contributed by atoms with van der Waals surface area (Å²) in [6.07, 6.45) is -0.456. The second-order valence-corrected chi connectivity index (χ2v) is 5.40. The van der Waals surface area contributed by atoms with Crippen molar-refractivity contribution in [2.24, 2.45) is 0 Å². The van der Waals surface area contributed by atoms with Gasteiger partial charge >= 0.3 is 6.09 Å². The van der Waals surface area contributed by atoms with E-state index in [0.29, 0.717) is 19.6 Å². The van der Waals surface area contributed by atoms with Crippen molar-refractivity contribution in [1.29, 1.82) is 0 Å². The molecule has 0 saturated heterocycles. The molecule has 0 atom stereocenters. The highest BCUT2D eigenvalue weighted by Crippen LogP contribution is 2.18. The van der Waals surface area contributed by atoms with Crippen LogP contribution in [0.5, 0.6) is 5.75 Å². The van der Waals surface area contributed by atoms with Crippen molar-refractivity contribution >= 4 is 11.8 Å². The molecule has 0 spiro atoms. The van der Waals surface area contributed by atoms with Crippen LogP contribution in [0.15, 0.2) is 54.6 Å². The number of amides is 1. The van der Waals surface area contributed by atoms with Crippen molar-refractivity contribution in [2.45, 2.75) is 6.61 Å². The third-order valence-corrected chi connectivity index (χ3v) is 3.67. The van der Waals surface area contributed by atoms with Crippen LogP contribution in [-0.2, 0) is 11.3 Å². The van der Waals surface area contributed by atoms with Crippen LogP contribution in [0.25, 0.3) is 0 Å². The number of nitrogens with one attached hydrogen (secondary N) is 1. The van der Waals surface area contributed by atoms with Crippen molar-refractivity contribution in [2.75, 3.05) is 38.3 Å². The van der Waals surface area contributed by atoms with Crippen LogP contribution < -0.4 is 15.0 Å². The first kappa shape index (κ1) is 18.6. The Kier molecular flexibility index (Phi) is 7.59. The highest BCUT2D eigenvalue weighted by Gasteiger charge is 2.08. The molecule has 0 radical (unpaired) electrons. The Labute approximate surface area is 148 Å². The zero-order valence-electron chi connectivity index (χ0n) is 14.4. The maximum atomic E-state index is 11.8.